The predicted molar refractivity (Wildman–Crippen MR) is 83.0 cm³/mol. The Morgan fingerprint density at radius 3 is 2.76 bits per heavy atom. The van der Waals surface area contributed by atoms with Gasteiger partial charge in [-0.2, -0.15) is 0 Å². The lowest BCUT2D eigenvalue weighted by atomic mass is 9.95. The maximum Gasteiger partial charge on any atom is 0.237 e. The predicted octanol–water partition coefficient (Wildman–Crippen LogP) is 0.130. The van der Waals surface area contributed by atoms with Gasteiger partial charge in [0.05, 0.1) is 11.6 Å². The van der Waals surface area contributed by atoms with E-state index in [1.807, 2.05) is 31.1 Å². The molecule has 0 saturated heterocycles. The molecule has 0 saturated carbocycles. The third-order valence-corrected chi connectivity index (χ3v) is 3.70. The summed E-state index contributed by atoms with van der Waals surface area (Å²) in [5, 5.41) is 16.3. The normalized spacial score (nSPS) is 20.7. The van der Waals surface area contributed by atoms with E-state index in [0.717, 1.165) is 0 Å². The van der Waals surface area contributed by atoms with Gasteiger partial charge in [-0.1, -0.05) is 24.3 Å². The molecule has 2 rings (SSSR count). The summed E-state index contributed by atoms with van der Waals surface area (Å²) in [6.07, 6.45) is 0.692. The van der Waals surface area contributed by atoms with E-state index in [2.05, 4.69) is 22.8 Å². The van der Waals surface area contributed by atoms with Crippen molar-refractivity contribution in [1.82, 2.24) is 15.5 Å². The quantitative estimate of drug-likeness (QED) is 0.721. The molecule has 1 unspecified atom stereocenters. The average Bonchev–Trinajstić information content (AvgIpc) is 2.43. The maximum atomic E-state index is 12.2. The van der Waals surface area contributed by atoms with Gasteiger partial charge in [0, 0.05) is 19.6 Å². The minimum absolute atomic E-state index is 0.0523. The van der Waals surface area contributed by atoms with E-state index in [4.69, 9.17) is 0 Å². The molecule has 1 amide bonds. The zero-order valence-corrected chi connectivity index (χ0v) is 13.0. The first-order valence-electron chi connectivity index (χ1n) is 7.32. The van der Waals surface area contributed by atoms with Crippen molar-refractivity contribution in [2.75, 3.05) is 27.2 Å². The van der Waals surface area contributed by atoms with Crippen LogP contribution in [0.15, 0.2) is 24.3 Å². The third kappa shape index (κ3) is 4.52. The van der Waals surface area contributed by atoms with E-state index < -0.39 is 5.60 Å². The van der Waals surface area contributed by atoms with Crippen LogP contribution in [-0.2, 0) is 17.8 Å². The highest BCUT2D eigenvalue weighted by Crippen LogP contribution is 2.16. The summed E-state index contributed by atoms with van der Waals surface area (Å²) >= 11 is 0. The number of amides is 1. The van der Waals surface area contributed by atoms with E-state index in [0.29, 0.717) is 19.5 Å². The highest BCUT2D eigenvalue weighted by Gasteiger charge is 2.27. The number of likely N-dealkylation sites (N-methyl/N-ethyl adjacent to an activating group) is 1. The Balaban J connectivity index is 1.88. The summed E-state index contributed by atoms with van der Waals surface area (Å²) in [4.78, 5) is 14.1. The molecule has 2 atom stereocenters. The smallest absolute Gasteiger partial charge is 0.237 e. The largest absolute Gasteiger partial charge is 0.387 e. The van der Waals surface area contributed by atoms with Crippen molar-refractivity contribution in [2.45, 2.75) is 31.5 Å². The van der Waals surface area contributed by atoms with Crippen LogP contribution >= 0.6 is 0 Å². The van der Waals surface area contributed by atoms with Gasteiger partial charge >= 0.3 is 0 Å². The van der Waals surface area contributed by atoms with Crippen molar-refractivity contribution >= 4 is 5.91 Å². The Morgan fingerprint density at radius 2 is 2.10 bits per heavy atom. The van der Waals surface area contributed by atoms with Crippen LogP contribution in [0.5, 0.6) is 0 Å². The van der Waals surface area contributed by atoms with Gasteiger partial charge in [0.15, 0.2) is 0 Å². The van der Waals surface area contributed by atoms with Crippen LogP contribution in [-0.4, -0.2) is 54.7 Å². The lowest BCUT2D eigenvalue weighted by Gasteiger charge is -2.29. The molecule has 1 aliphatic heterocycles. The molecular formula is C16H25N3O2. The van der Waals surface area contributed by atoms with Crippen molar-refractivity contribution < 1.29 is 9.90 Å². The number of benzene rings is 1. The minimum Gasteiger partial charge on any atom is -0.387 e. The molecule has 0 aromatic heterocycles. The standard InChI is InChI=1S/C16H25N3O2/c1-16(21,11-19(2)3)10-18-15(20)14-8-12-6-4-5-7-13(12)9-17-14/h4-7,14,17,21H,8-11H2,1-3H3,(H,18,20)/t14-,16?/m0/s1. The molecule has 1 aromatic carbocycles. The lowest BCUT2D eigenvalue weighted by molar-refractivity contribution is -0.124. The van der Waals surface area contributed by atoms with Gasteiger partial charge in [0.2, 0.25) is 5.91 Å². The number of hydrogen-bond donors (Lipinski definition) is 3. The fraction of sp³-hybridized carbons (Fsp3) is 0.562. The molecule has 0 spiro atoms. The fourth-order valence-corrected chi connectivity index (χ4v) is 2.78. The molecule has 0 bridgehead atoms. The molecule has 0 fully saturated rings. The fourth-order valence-electron chi connectivity index (χ4n) is 2.78. The highest BCUT2D eigenvalue weighted by atomic mass is 16.3. The van der Waals surface area contributed by atoms with Crippen molar-refractivity contribution in [3.8, 4) is 0 Å². The van der Waals surface area contributed by atoms with Gasteiger partial charge in [-0.3, -0.25) is 4.79 Å². The first-order valence-corrected chi connectivity index (χ1v) is 7.32. The Bertz CT molecular complexity index is 500. The topological polar surface area (TPSA) is 64.6 Å². The number of nitrogens with one attached hydrogen (secondary N) is 2. The number of fused-ring (bicyclic) bond motifs is 1. The zero-order valence-electron chi connectivity index (χ0n) is 13.0. The van der Waals surface area contributed by atoms with E-state index in [9.17, 15) is 9.90 Å². The second-order valence-electron chi connectivity index (χ2n) is 6.36. The monoisotopic (exact) mass is 291 g/mol. The van der Waals surface area contributed by atoms with Crippen LogP contribution in [0.1, 0.15) is 18.1 Å². The molecule has 21 heavy (non-hydrogen) atoms. The second-order valence-corrected chi connectivity index (χ2v) is 6.36. The number of aliphatic hydroxyl groups is 1. The minimum atomic E-state index is -0.925. The summed E-state index contributed by atoms with van der Waals surface area (Å²) in [6, 6.07) is 7.94. The van der Waals surface area contributed by atoms with Crippen LogP contribution < -0.4 is 10.6 Å². The van der Waals surface area contributed by atoms with E-state index in [1.54, 1.807) is 6.92 Å². The summed E-state index contributed by atoms with van der Waals surface area (Å²) in [5.74, 6) is -0.0523. The molecule has 1 heterocycles. The maximum absolute atomic E-state index is 12.2. The average molecular weight is 291 g/mol. The van der Waals surface area contributed by atoms with Gasteiger partial charge < -0.3 is 20.6 Å². The summed E-state index contributed by atoms with van der Waals surface area (Å²) < 4.78 is 0. The van der Waals surface area contributed by atoms with Crippen LogP contribution in [0.2, 0.25) is 0 Å². The molecule has 1 aliphatic rings. The van der Waals surface area contributed by atoms with Crippen molar-refractivity contribution in [2.24, 2.45) is 0 Å². The van der Waals surface area contributed by atoms with Crippen molar-refractivity contribution in [1.29, 1.82) is 0 Å². The molecule has 1 aromatic rings. The van der Waals surface area contributed by atoms with Crippen molar-refractivity contribution in [3.05, 3.63) is 35.4 Å². The van der Waals surface area contributed by atoms with Gasteiger partial charge in [-0.25, -0.2) is 0 Å². The molecule has 0 aliphatic carbocycles. The van der Waals surface area contributed by atoms with Gasteiger partial charge in [-0.05, 0) is 38.6 Å². The van der Waals surface area contributed by atoms with E-state index in [-0.39, 0.29) is 18.5 Å². The molecule has 5 nitrogen and oxygen atoms in total. The lowest BCUT2D eigenvalue weighted by Crippen LogP contribution is -2.53. The molecular weight excluding hydrogens is 266 g/mol. The number of rotatable bonds is 5. The third-order valence-electron chi connectivity index (χ3n) is 3.70. The Morgan fingerprint density at radius 1 is 1.43 bits per heavy atom. The molecule has 116 valence electrons. The molecule has 5 heteroatoms. The van der Waals surface area contributed by atoms with Crippen LogP contribution in [0.25, 0.3) is 0 Å². The van der Waals surface area contributed by atoms with Gasteiger partial charge in [0.25, 0.3) is 0 Å². The summed E-state index contributed by atoms with van der Waals surface area (Å²) in [6.45, 7) is 3.21. The number of carbonyl (C=O) groups is 1. The number of nitrogens with zero attached hydrogens (tertiary/aromatic N) is 1. The highest BCUT2D eigenvalue weighted by molar-refractivity contribution is 5.82. The van der Waals surface area contributed by atoms with E-state index in [1.165, 1.54) is 11.1 Å². The Kier molecular flexibility index (Phi) is 4.98. The molecule has 0 radical (unpaired) electrons. The zero-order chi connectivity index (χ0) is 15.5. The first-order chi connectivity index (χ1) is 9.87. The summed E-state index contributed by atoms with van der Waals surface area (Å²) in [7, 11) is 3.80. The summed E-state index contributed by atoms with van der Waals surface area (Å²) in [5.41, 5.74) is 1.55. The molecule has 3 N–H and O–H groups in total. The van der Waals surface area contributed by atoms with Gasteiger partial charge in [0.1, 0.15) is 0 Å². The second kappa shape index (κ2) is 6.56. The first kappa shape index (κ1) is 15.9. The SMILES string of the molecule is CN(C)CC(C)(O)CNC(=O)[C@@H]1Cc2ccccc2CN1. The number of hydrogen-bond acceptors (Lipinski definition) is 4. The Labute approximate surface area is 126 Å². The van der Waals surface area contributed by atoms with E-state index >= 15 is 0 Å². The van der Waals surface area contributed by atoms with Crippen molar-refractivity contribution in [3.63, 3.8) is 0 Å². The van der Waals surface area contributed by atoms with Crippen LogP contribution in [0, 0.1) is 0 Å². The van der Waals surface area contributed by atoms with Crippen LogP contribution in [0.3, 0.4) is 0 Å². The van der Waals surface area contributed by atoms with Crippen LogP contribution in [0.4, 0.5) is 0 Å². The Hall–Kier alpha value is -1.43. The van der Waals surface area contributed by atoms with Gasteiger partial charge in [-0.15, -0.1) is 0 Å². The number of carbonyl (C=O) groups excluding carboxylic acids is 1.